The normalized spacial score (nSPS) is 23.2. The molecule has 0 spiro atoms. The van der Waals surface area contributed by atoms with Crippen LogP contribution in [-0.4, -0.2) is 24.5 Å². The predicted molar refractivity (Wildman–Crippen MR) is 174 cm³/mol. The maximum Gasteiger partial charge on any atom is 0.338 e. The van der Waals surface area contributed by atoms with Gasteiger partial charge in [0.1, 0.15) is 5.75 Å². The van der Waals surface area contributed by atoms with E-state index >= 15 is 0 Å². The smallest absolute Gasteiger partial charge is 0.338 e. The highest BCUT2D eigenvalue weighted by Crippen LogP contribution is 2.60. The molecule has 7 heteroatoms. The topological polar surface area (TPSA) is 52.6 Å². The lowest BCUT2D eigenvalue weighted by Gasteiger charge is -2.55. The van der Waals surface area contributed by atoms with Crippen molar-refractivity contribution >= 4 is 22.8 Å². The first-order valence-electron chi connectivity index (χ1n) is 15.7. The molecule has 0 saturated heterocycles. The first kappa shape index (κ1) is 32.9. The van der Waals surface area contributed by atoms with E-state index in [1.54, 1.807) is 6.92 Å². The van der Waals surface area contributed by atoms with E-state index in [0.717, 1.165) is 37.3 Å². The maximum absolute atomic E-state index is 12.8. The highest BCUT2D eigenvalue weighted by atomic mass is 32.2. The number of rotatable bonds is 8. The highest BCUT2D eigenvalue weighted by molar-refractivity contribution is 7.97. The molecule has 4 saturated carbocycles. The first-order chi connectivity index (χ1) is 21.3. The molecule has 0 aliphatic heterocycles. The molecule has 7 rings (SSSR count). The van der Waals surface area contributed by atoms with Crippen LogP contribution in [-0.2, 0) is 25.2 Å². The molecule has 0 aromatic heterocycles. The van der Waals surface area contributed by atoms with E-state index in [1.165, 1.54) is 33.9 Å². The van der Waals surface area contributed by atoms with Gasteiger partial charge < -0.3 is 9.47 Å². The van der Waals surface area contributed by atoms with Crippen molar-refractivity contribution in [2.24, 2.45) is 23.2 Å². The number of alkyl halides is 2. The van der Waals surface area contributed by atoms with E-state index < -0.39 is 17.9 Å². The number of ether oxygens (including phenoxy) is 2. The summed E-state index contributed by atoms with van der Waals surface area (Å²) in [6, 6.07) is 25.2. The molecule has 0 heterocycles. The SMILES string of the molecule is C=C(C)C(=O)Oc1c(C)cc([S+](c2ccccc2)c2ccccc2)cc1C.CC(F)(F)COC(=O)C12CC3CC(CC(C3)C1)C2. The fourth-order valence-electron chi connectivity index (χ4n) is 7.60. The maximum atomic E-state index is 12.8. The third kappa shape index (κ3) is 7.86. The fourth-order valence-corrected chi connectivity index (χ4v) is 9.86. The molecular weight excluding hydrogens is 590 g/mol. The fraction of sp³-hybridized carbons (Fsp3) is 0.421. The summed E-state index contributed by atoms with van der Waals surface area (Å²) >= 11 is 0. The molecule has 4 fully saturated rings. The average Bonchev–Trinajstić information content (AvgIpc) is 2.98. The molecule has 3 aromatic rings. The number of esters is 2. The van der Waals surface area contributed by atoms with Crippen LogP contribution in [0.2, 0.25) is 0 Å². The third-order valence-electron chi connectivity index (χ3n) is 9.10. The van der Waals surface area contributed by atoms with Crippen molar-refractivity contribution in [3.63, 3.8) is 0 Å². The second-order valence-electron chi connectivity index (χ2n) is 13.3. The lowest BCUT2D eigenvalue weighted by Crippen LogP contribution is -2.51. The number of carbonyl (C=O) groups is 2. The molecule has 0 radical (unpaired) electrons. The zero-order chi connectivity index (χ0) is 32.4. The molecule has 4 nitrogen and oxygen atoms in total. The minimum atomic E-state index is -2.92. The van der Waals surface area contributed by atoms with Crippen molar-refractivity contribution in [2.75, 3.05) is 6.61 Å². The average molecular weight is 634 g/mol. The molecule has 4 bridgehead atoms. The predicted octanol–water partition coefficient (Wildman–Crippen LogP) is 9.28. The van der Waals surface area contributed by atoms with Crippen molar-refractivity contribution in [3.8, 4) is 5.75 Å². The largest absolute Gasteiger partial charge is 0.459 e. The van der Waals surface area contributed by atoms with Gasteiger partial charge in [0, 0.05) is 24.6 Å². The second kappa shape index (κ2) is 13.5. The van der Waals surface area contributed by atoms with Crippen LogP contribution in [0.4, 0.5) is 8.78 Å². The minimum Gasteiger partial charge on any atom is -0.459 e. The molecule has 4 aliphatic carbocycles. The van der Waals surface area contributed by atoms with Crippen molar-refractivity contribution in [1.29, 1.82) is 0 Å². The summed E-state index contributed by atoms with van der Waals surface area (Å²) < 4.78 is 36.0. The van der Waals surface area contributed by atoms with Crippen molar-refractivity contribution in [2.45, 2.75) is 86.8 Å². The van der Waals surface area contributed by atoms with Gasteiger partial charge in [0.25, 0.3) is 5.92 Å². The van der Waals surface area contributed by atoms with Crippen LogP contribution in [0.3, 0.4) is 0 Å². The molecule has 4 aliphatic rings. The molecule has 0 N–H and O–H groups in total. The molecule has 238 valence electrons. The van der Waals surface area contributed by atoms with Crippen LogP contribution in [0.15, 0.2) is 99.6 Å². The van der Waals surface area contributed by atoms with Crippen LogP contribution < -0.4 is 4.74 Å². The number of hydrogen-bond donors (Lipinski definition) is 0. The van der Waals surface area contributed by atoms with Gasteiger partial charge >= 0.3 is 11.9 Å². The summed E-state index contributed by atoms with van der Waals surface area (Å²) in [4.78, 5) is 27.9. The van der Waals surface area contributed by atoms with Crippen LogP contribution >= 0.6 is 0 Å². The Morgan fingerprint density at radius 2 is 1.29 bits per heavy atom. The summed E-state index contributed by atoms with van der Waals surface area (Å²) in [5.41, 5.74) is 1.87. The zero-order valence-corrected chi connectivity index (χ0v) is 27.4. The summed E-state index contributed by atoms with van der Waals surface area (Å²) in [5.74, 6) is -1.15. The Kier molecular flexibility index (Phi) is 9.88. The summed E-state index contributed by atoms with van der Waals surface area (Å²) in [5, 5.41) is 0. The summed E-state index contributed by atoms with van der Waals surface area (Å²) in [6.45, 7) is 9.30. The number of benzene rings is 3. The molecular formula is C38H43F2O4S+. The van der Waals surface area contributed by atoms with Gasteiger partial charge in [0.2, 0.25) is 0 Å². The van der Waals surface area contributed by atoms with E-state index in [2.05, 4.69) is 67.2 Å². The summed E-state index contributed by atoms with van der Waals surface area (Å²) in [6.07, 6.45) is 6.30. The lowest BCUT2D eigenvalue weighted by atomic mass is 9.49. The Morgan fingerprint density at radius 1 is 0.844 bits per heavy atom. The first-order valence-corrected chi connectivity index (χ1v) is 16.9. The van der Waals surface area contributed by atoms with Gasteiger partial charge in [-0.3, -0.25) is 4.79 Å². The number of halogens is 2. The van der Waals surface area contributed by atoms with E-state index in [-0.39, 0.29) is 22.8 Å². The third-order valence-corrected chi connectivity index (χ3v) is 11.3. The molecule has 45 heavy (non-hydrogen) atoms. The van der Waals surface area contributed by atoms with Gasteiger partial charge in [-0.05, 0) is 112 Å². The van der Waals surface area contributed by atoms with Gasteiger partial charge in [-0.15, -0.1) is 0 Å². The highest BCUT2D eigenvalue weighted by Gasteiger charge is 2.55. The standard InChI is InChI=1S/C24H23O2S.C14H20F2O2/c1-17(2)24(25)26-23-18(3)15-22(16-19(23)4)27(20-11-7-5-8-12-20)21-13-9-6-10-14-21;1-13(15,16)8-18-12(17)14-5-9-2-10(6-14)4-11(3-9)7-14/h5-16H,1H2,2-4H3;9-11H,2-8H2,1H3/q+1;. The minimum absolute atomic E-state index is 0.223. The van der Waals surface area contributed by atoms with Crippen LogP contribution in [0.25, 0.3) is 0 Å². The zero-order valence-electron chi connectivity index (χ0n) is 26.6. The Balaban J connectivity index is 0.000000192. The van der Waals surface area contributed by atoms with Crippen molar-refractivity contribution < 1.29 is 27.8 Å². The molecule has 0 amide bonds. The van der Waals surface area contributed by atoms with E-state index in [1.807, 2.05) is 26.0 Å². The van der Waals surface area contributed by atoms with Gasteiger partial charge in [-0.2, -0.15) is 0 Å². The van der Waals surface area contributed by atoms with Gasteiger partial charge in [0.05, 0.1) is 16.3 Å². The number of aryl methyl sites for hydroxylation is 2. The Labute approximate surface area is 268 Å². The van der Waals surface area contributed by atoms with Gasteiger partial charge in [-0.25, -0.2) is 13.6 Å². The van der Waals surface area contributed by atoms with E-state index in [4.69, 9.17) is 9.47 Å². The van der Waals surface area contributed by atoms with Crippen LogP contribution in [0.1, 0.15) is 63.5 Å². The quantitative estimate of drug-likeness (QED) is 0.107. The van der Waals surface area contributed by atoms with Gasteiger partial charge in [0.15, 0.2) is 21.3 Å². The monoisotopic (exact) mass is 633 g/mol. The van der Waals surface area contributed by atoms with Crippen molar-refractivity contribution in [3.05, 3.63) is 96.1 Å². The van der Waals surface area contributed by atoms with E-state index in [9.17, 15) is 18.4 Å². The van der Waals surface area contributed by atoms with E-state index in [0.29, 0.717) is 29.1 Å². The second-order valence-corrected chi connectivity index (χ2v) is 15.4. The van der Waals surface area contributed by atoms with Crippen molar-refractivity contribution in [1.82, 2.24) is 0 Å². The number of hydrogen-bond acceptors (Lipinski definition) is 4. The van der Waals surface area contributed by atoms with Crippen LogP contribution in [0, 0.1) is 37.0 Å². The molecule has 0 atom stereocenters. The lowest BCUT2D eigenvalue weighted by molar-refractivity contribution is -0.180. The molecule has 3 aromatic carbocycles. The van der Waals surface area contributed by atoms with Gasteiger partial charge in [-0.1, -0.05) is 43.0 Å². The molecule has 0 unspecified atom stereocenters. The summed E-state index contributed by atoms with van der Waals surface area (Å²) in [7, 11) is -0.223. The Hall–Kier alpha value is -3.45. The Morgan fingerprint density at radius 3 is 1.69 bits per heavy atom. The number of carbonyl (C=O) groups excluding carboxylic acids is 2. The Bertz CT molecular complexity index is 1430. The van der Waals surface area contributed by atoms with Crippen LogP contribution in [0.5, 0.6) is 5.75 Å².